The van der Waals surface area contributed by atoms with Gasteiger partial charge in [-0.05, 0) is 54.8 Å². The van der Waals surface area contributed by atoms with E-state index in [1.807, 2.05) is 44.2 Å². The van der Waals surface area contributed by atoms with Gasteiger partial charge in [-0.1, -0.05) is 30.3 Å². The van der Waals surface area contributed by atoms with Crippen LogP contribution in [-0.2, 0) is 0 Å². The van der Waals surface area contributed by atoms with Gasteiger partial charge in [0.05, 0.1) is 28.4 Å². The first kappa shape index (κ1) is 20.6. The Labute approximate surface area is 173 Å². The second kappa shape index (κ2) is 8.91. The van der Waals surface area contributed by atoms with Crippen LogP contribution in [0, 0.1) is 13.8 Å². The number of ether oxygens (including phenoxy) is 4. The molecule has 0 aliphatic heterocycles. The molecule has 0 bridgehead atoms. The van der Waals surface area contributed by atoms with Gasteiger partial charge in [-0.15, -0.1) is 0 Å². The van der Waals surface area contributed by atoms with E-state index in [0.29, 0.717) is 0 Å². The number of methoxy groups -OCH3 is 4. The third-order valence-corrected chi connectivity index (χ3v) is 5.25. The molecule has 0 heterocycles. The third-order valence-electron chi connectivity index (χ3n) is 5.25. The Morgan fingerprint density at radius 3 is 1.34 bits per heavy atom. The molecule has 3 rings (SSSR count). The largest absolute Gasteiger partial charge is 0.496 e. The van der Waals surface area contributed by atoms with Gasteiger partial charge in [-0.25, -0.2) is 0 Å². The number of aryl methyl sites for hydroxylation is 2. The van der Waals surface area contributed by atoms with Crippen LogP contribution in [0.4, 0.5) is 0 Å². The molecule has 0 saturated carbocycles. The fourth-order valence-corrected chi connectivity index (χ4v) is 3.77. The highest BCUT2D eigenvalue weighted by atomic mass is 16.5. The van der Waals surface area contributed by atoms with Crippen LogP contribution in [0.2, 0.25) is 0 Å². The summed E-state index contributed by atoms with van der Waals surface area (Å²) in [7, 11) is 6.76. The minimum Gasteiger partial charge on any atom is -0.496 e. The van der Waals surface area contributed by atoms with Crippen molar-refractivity contribution in [2.75, 3.05) is 28.4 Å². The first-order valence-corrected chi connectivity index (χ1v) is 9.54. The molecule has 0 saturated heterocycles. The van der Waals surface area contributed by atoms with E-state index in [4.69, 9.17) is 18.9 Å². The Bertz CT molecular complexity index is 918. The molecule has 0 fully saturated rings. The highest BCUT2D eigenvalue weighted by Gasteiger charge is 2.26. The zero-order chi connectivity index (χ0) is 21.0. The summed E-state index contributed by atoms with van der Waals surface area (Å²) in [6.45, 7) is 4.02. The molecule has 0 aliphatic carbocycles. The SMILES string of the molecule is COc1cc(C(c2ccccc2)c2cc(OC)c(C)cc2OC)c(OC)cc1C. The first-order valence-electron chi connectivity index (χ1n) is 9.54. The zero-order valence-electron chi connectivity index (χ0n) is 17.9. The Morgan fingerprint density at radius 2 is 0.966 bits per heavy atom. The molecule has 0 atom stereocenters. The van der Waals surface area contributed by atoms with Crippen molar-refractivity contribution in [1.29, 1.82) is 0 Å². The maximum Gasteiger partial charge on any atom is 0.123 e. The molecule has 4 nitrogen and oxygen atoms in total. The lowest BCUT2D eigenvalue weighted by atomic mass is 9.83. The normalized spacial score (nSPS) is 10.7. The van der Waals surface area contributed by atoms with Crippen molar-refractivity contribution < 1.29 is 18.9 Å². The van der Waals surface area contributed by atoms with Crippen LogP contribution < -0.4 is 18.9 Å². The van der Waals surface area contributed by atoms with E-state index in [0.717, 1.165) is 50.8 Å². The quantitative estimate of drug-likeness (QED) is 0.496. The summed E-state index contributed by atoms with van der Waals surface area (Å²) in [4.78, 5) is 0. The van der Waals surface area contributed by atoms with Gasteiger partial charge in [0.15, 0.2) is 0 Å². The molecule has 152 valence electrons. The van der Waals surface area contributed by atoms with Crippen LogP contribution in [0.15, 0.2) is 54.6 Å². The van der Waals surface area contributed by atoms with E-state index in [-0.39, 0.29) is 5.92 Å². The van der Waals surface area contributed by atoms with Gasteiger partial charge in [0.1, 0.15) is 23.0 Å². The number of hydrogen-bond donors (Lipinski definition) is 0. The predicted octanol–water partition coefficient (Wildman–Crippen LogP) is 5.52. The van der Waals surface area contributed by atoms with E-state index < -0.39 is 0 Å². The molecule has 29 heavy (non-hydrogen) atoms. The lowest BCUT2D eigenvalue weighted by Crippen LogP contribution is -2.09. The van der Waals surface area contributed by atoms with Crippen LogP contribution in [0.1, 0.15) is 33.7 Å². The summed E-state index contributed by atoms with van der Waals surface area (Å²) in [5.74, 6) is 3.13. The molecule has 3 aromatic rings. The molecule has 0 aliphatic rings. The van der Waals surface area contributed by atoms with Crippen molar-refractivity contribution >= 4 is 0 Å². The summed E-state index contributed by atoms with van der Waals surface area (Å²) < 4.78 is 22.8. The van der Waals surface area contributed by atoms with Crippen LogP contribution in [0.25, 0.3) is 0 Å². The van der Waals surface area contributed by atoms with Crippen molar-refractivity contribution in [2.24, 2.45) is 0 Å². The Balaban J connectivity index is 2.35. The molecular formula is C25H28O4. The molecule has 0 unspecified atom stereocenters. The standard InChI is InChI=1S/C25H28O4/c1-16-12-23(28-5)19(14-21(16)26-3)25(18-10-8-7-9-11-18)20-15-22(27-4)17(2)13-24(20)29-6/h7-15,25H,1-6H3. The summed E-state index contributed by atoms with van der Waals surface area (Å²) in [6.07, 6.45) is 0. The van der Waals surface area contributed by atoms with Crippen molar-refractivity contribution in [3.05, 3.63) is 82.4 Å². The monoisotopic (exact) mass is 392 g/mol. The molecule has 3 aromatic carbocycles. The second-order valence-corrected chi connectivity index (χ2v) is 6.97. The van der Waals surface area contributed by atoms with Gasteiger partial charge in [0.25, 0.3) is 0 Å². The van der Waals surface area contributed by atoms with E-state index in [1.54, 1.807) is 28.4 Å². The van der Waals surface area contributed by atoms with Crippen LogP contribution >= 0.6 is 0 Å². The Kier molecular flexibility index (Phi) is 6.32. The maximum atomic E-state index is 5.78. The number of rotatable bonds is 7. The lowest BCUT2D eigenvalue weighted by Gasteiger charge is -2.25. The summed E-state index contributed by atoms with van der Waals surface area (Å²) in [5, 5.41) is 0. The van der Waals surface area contributed by atoms with Gasteiger partial charge in [0, 0.05) is 17.0 Å². The van der Waals surface area contributed by atoms with Crippen LogP contribution in [0.5, 0.6) is 23.0 Å². The van der Waals surface area contributed by atoms with Crippen molar-refractivity contribution in [1.82, 2.24) is 0 Å². The molecule has 0 radical (unpaired) electrons. The molecular weight excluding hydrogens is 364 g/mol. The van der Waals surface area contributed by atoms with E-state index in [9.17, 15) is 0 Å². The summed E-state index contributed by atoms with van der Waals surface area (Å²) >= 11 is 0. The highest BCUT2D eigenvalue weighted by molar-refractivity contribution is 5.59. The van der Waals surface area contributed by atoms with E-state index in [1.165, 1.54) is 0 Å². The molecule has 0 amide bonds. The van der Waals surface area contributed by atoms with Crippen LogP contribution in [-0.4, -0.2) is 28.4 Å². The molecule has 0 aromatic heterocycles. The second-order valence-electron chi connectivity index (χ2n) is 6.97. The third kappa shape index (κ3) is 4.02. The minimum absolute atomic E-state index is 0.120. The average Bonchev–Trinajstić information content (AvgIpc) is 2.75. The predicted molar refractivity (Wildman–Crippen MR) is 116 cm³/mol. The van der Waals surface area contributed by atoms with Gasteiger partial charge in [0.2, 0.25) is 0 Å². The van der Waals surface area contributed by atoms with Crippen molar-refractivity contribution in [3.8, 4) is 23.0 Å². The molecule has 0 N–H and O–H groups in total. The average molecular weight is 392 g/mol. The number of benzene rings is 3. The topological polar surface area (TPSA) is 36.9 Å². The van der Waals surface area contributed by atoms with Crippen LogP contribution in [0.3, 0.4) is 0 Å². The van der Waals surface area contributed by atoms with E-state index in [2.05, 4.69) is 24.3 Å². The van der Waals surface area contributed by atoms with Gasteiger partial charge >= 0.3 is 0 Å². The van der Waals surface area contributed by atoms with Crippen molar-refractivity contribution in [2.45, 2.75) is 19.8 Å². The molecule has 0 spiro atoms. The van der Waals surface area contributed by atoms with Gasteiger partial charge < -0.3 is 18.9 Å². The first-order chi connectivity index (χ1) is 14.0. The minimum atomic E-state index is -0.120. The Morgan fingerprint density at radius 1 is 0.552 bits per heavy atom. The van der Waals surface area contributed by atoms with Crippen molar-refractivity contribution in [3.63, 3.8) is 0 Å². The highest BCUT2D eigenvalue weighted by Crippen LogP contribution is 2.45. The summed E-state index contributed by atoms with van der Waals surface area (Å²) in [5.41, 5.74) is 5.18. The molecule has 4 heteroatoms. The fourth-order valence-electron chi connectivity index (χ4n) is 3.77. The Hall–Kier alpha value is -3.14. The smallest absolute Gasteiger partial charge is 0.123 e. The van der Waals surface area contributed by atoms with Gasteiger partial charge in [-0.3, -0.25) is 0 Å². The number of hydrogen-bond acceptors (Lipinski definition) is 4. The summed E-state index contributed by atoms with van der Waals surface area (Å²) in [6, 6.07) is 18.5. The maximum absolute atomic E-state index is 5.78. The van der Waals surface area contributed by atoms with E-state index >= 15 is 0 Å². The van der Waals surface area contributed by atoms with Gasteiger partial charge in [-0.2, -0.15) is 0 Å². The lowest BCUT2D eigenvalue weighted by molar-refractivity contribution is 0.390. The fraction of sp³-hybridized carbons (Fsp3) is 0.280. The zero-order valence-corrected chi connectivity index (χ0v) is 17.9.